The first-order valence-electron chi connectivity index (χ1n) is 12.7. The van der Waals surface area contributed by atoms with E-state index in [4.69, 9.17) is 16.3 Å². The summed E-state index contributed by atoms with van der Waals surface area (Å²) in [5, 5.41) is 3.60. The highest BCUT2D eigenvalue weighted by Gasteiger charge is 2.39. The molecular formula is C28H28ClN3O4S. The second-order valence-electron chi connectivity index (χ2n) is 10.0. The summed E-state index contributed by atoms with van der Waals surface area (Å²) in [6.07, 6.45) is 1.57. The zero-order valence-electron chi connectivity index (χ0n) is 20.4. The lowest BCUT2D eigenvalue weighted by molar-refractivity contribution is -0.136. The van der Waals surface area contributed by atoms with E-state index in [0.717, 1.165) is 48.1 Å². The number of amides is 3. The third-order valence-corrected chi connectivity index (χ3v) is 8.94. The van der Waals surface area contributed by atoms with Crippen molar-refractivity contribution in [3.8, 4) is 0 Å². The van der Waals surface area contributed by atoms with Gasteiger partial charge in [0, 0.05) is 53.3 Å². The number of piperidine rings is 1. The molecule has 7 nitrogen and oxygen atoms in total. The Morgan fingerprint density at radius 3 is 2.65 bits per heavy atom. The molecule has 2 aromatic rings. The maximum atomic E-state index is 12.9. The largest absolute Gasteiger partial charge is 0.377 e. The Bertz CT molecular complexity index is 1290. The number of nitrogens with zero attached hydrogens (tertiary/aromatic N) is 2. The molecular weight excluding hydrogens is 510 g/mol. The van der Waals surface area contributed by atoms with Gasteiger partial charge in [-0.05, 0) is 65.4 Å². The number of halogens is 1. The second-order valence-corrected chi connectivity index (χ2v) is 11.9. The first kappa shape index (κ1) is 24.7. The first-order valence-corrected chi connectivity index (χ1v) is 13.9. The number of thioether (sulfide) groups is 1. The maximum Gasteiger partial charge on any atom is 0.255 e. The zero-order chi connectivity index (χ0) is 25.5. The Morgan fingerprint density at radius 2 is 1.86 bits per heavy atom. The molecule has 4 aliphatic rings. The quantitative estimate of drug-likeness (QED) is 0.565. The van der Waals surface area contributed by atoms with E-state index in [1.807, 2.05) is 36.0 Å². The number of likely N-dealkylation sites (tertiary alicyclic amines) is 1. The topological polar surface area (TPSA) is 79.0 Å². The summed E-state index contributed by atoms with van der Waals surface area (Å²) in [6, 6.07) is 13.5. The average Bonchev–Trinajstić information content (AvgIpc) is 3.19. The molecule has 4 heterocycles. The molecule has 1 N–H and O–H groups in total. The van der Waals surface area contributed by atoms with E-state index in [9.17, 15) is 14.4 Å². The van der Waals surface area contributed by atoms with Gasteiger partial charge >= 0.3 is 0 Å². The second kappa shape index (κ2) is 10.3. The number of nitrogens with one attached hydrogen (secondary N) is 1. The molecule has 1 unspecified atom stereocenters. The molecule has 0 aliphatic carbocycles. The van der Waals surface area contributed by atoms with Gasteiger partial charge in [-0.25, -0.2) is 0 Å². The first-order chi connectivity index (χ1) is 17.9. The lowest BCUT2D eigenvalue weighted by Crippen LogP contribution is -2.52. The summed E-state index contributed by atoms with van der Waals surface area (Å²) in [7, 11) is 0. The fourth-order valence-electron chi connectivity index (χ4n) is 5.59. The van der Waals surface area contributed by atoms with E-state index in [1.165, 1.54) is 16.7 Å². The summed E-state index contributed by atoms with van der Waals surface area (Å²) in [5.74, 6) is -0.776. The molecule has 0 aromatic heterocycles. The molecule has 2 saturated heterocycles. The van der Waals surface area contributed by atoms with Crippen LogP contribution in [0.15, 0.2) is 52.9 Å². The van der Waals surface area contributed by atoms with Gasteiger partial charge in [-0.2, -0.15) is 0 Å². The normalized spacial score (nSPS) is 22.8. The highest BCUT2D eigenvalue weighted by Crippen LogP contribution is 2.36. The summed E-state index contributed by atoms with van der Waals surface area (Å²) in [6.45, 7) is 4.75. The van der Waals surface area contributed by atoms with Gasteiger partial charge in [0.15, 0.2) is 0 Å². The van der Waals surface area contributed by atoms with Crippen LogP contribution in [0, 0.1) is 0 Å². The number of benzene rings is 2. The van der Waals surface area contributed by atoms with Gasteiger partial charge in [-0.1, -0.05) is 23.7 Å². The SMILES string of the molecule is O=C1CCC(N2Cc3cc(SC4CN(CC5=C(c6ccc(Cl)cc6)CCOC5)C4)ccc3C2=O)C(=O)N1. The monoisotopic (exact) mass is 537 g/mol. The molecule has 0 spiro atoms. The van der Waals surface area contributed by atoms with Crippen molar-refractivity contribution in [2.24, 2.45) is 0 Å². The van der Waals surface area contributed by atoms with Crippen LogP contribution in [-0.2, 0) is 20.9 Å². The van der Waals surface area contributed by atoms with Crippen molar-refractivity contribution in [3.05, 3.63) is 69.8 Å². The fraction of sp³-hybridized carbons (Fsp3) is 0.393. The number of rotatable bonds is 6. The van der Waals surface area contributed by atoms with Crippen molar-refractivity contribution in [1.82, 2.24) is 15.1 Å². The van der Waals surface area contributed by atoms with Gasteiger partial charge in [0.25, 0.3) is 5.91 Å². The molecule has 3 amide bonds. The predicted molar refractivity (Wildman–Crippen MR) is 142 cm³/mol. The van der Waals surface area contributed by atoms with Crippen LogP contribution in [0.2, 0.25) is 5.02 Å². The van der Waals surface area contributed by atoms with Crippen LogP contribution in [0.1, 0.15) is 40.7 Å². The van der Waals surface area contributed by atoms with Gasteiger partial charge in [0.1, 0.15) is 6.04 Å². The number of imide groups is 1. The van der Waals surface area contributed by atoms with Crippen LogP contribution >= 0.6 is 23.4 Å². The molecule has 0 bridgehead atoms. The van der Waals surface area contributed by atoms with E-state index in [2.05, 4.69) is 28.4 Å². The van der Waals surface area contributed by atoms with E-state index in [-0.39, 0.29) is 24.1 Å². The Balaban J connectivity index is 1.06. The number of fused-ring (bicyclic) bond motifs is 1. The maximum absolute atomic E-state index is 12.9. The predicted octanol–water partition coefficient (Wildman–Crippen LogP) is 3.75. The van der Waals surface area contributed by atoms with Crippen LogP contribution in [0.5, 0.6) is 0 Å². The Labute approximate surface area is 225 Å². The number of hydrogen-bond donors (Lipinski definition) is 1. The van der Waals surface area contributed by atoms with Crippen molar-refractivity contribution in [1.29, 1.82) is 0 Å². The number of ether oxygens (including phenoxy) is 1. The number of carbonyl (C=O) groups excluding carboxylic acids is 3. The molecule has 37 heavy (non-hydrogen) atoms. The number of carbonyl (C=O) groups is 3. The van der Waals surface area contributed by atoms with Crippen molar-refractivity contribution in [2.45, 2.75) is 42.0 Å². The molecule has 2 aromatic carbocycles. The lowest BCUT2D eigenvalue weighted by Gasteiger charge is -2.40. The molecule has 2 fully saturated rings. The molecule has 6 rings (SSSR count). The summed E-state index contributed by atoms with van der Waals surface area (Å²) >= 11 is 7.92. The highest BCUT2D eigenvalue weighted by molar-refractivity contribution is 8.00. The molecule has 0 radical (unpaired) electrons. The zero-order valence-corrected chi connectivity index (χ0v) is 21.9. The van der Waals surface area contributed by atoms with Gasteiger partial charge in [0.2, 0.25) is 11.8 Å². The third kappa shape index (κ3) is 5.08. The Hall–Kier alpha value is -2.65. The van der Waals surface area contributed by atoms with Crippen LogP contribution in [0.4, 0.5) is 0 Å². The van der Waals surface area contributed by atoms with Crippen molar-refractivity contribution >= 4 is 46.7 Å². The minimum atomic E-state index is -0.579. The van der Waals surface area contributed by atoms with E-state index in [0.29, 0.717) is 30.4 Å². The molecule has 0 saturated carbocycles. The van der Waals surface area contributed by atoms with Gasteiger partial charge in [0.05, 0.1) is 13.2 Å². The van der Waals surface area contributed by atoms with Crippen LogP contribution in [0.3, 0.4) is 0 Å². The van der Waals surface area contributed by atoms with Crippen molar-refractivity contribution in [3.63, 3.8) is 0 Å². The van der Waals surface area contributed by atoms with Crippen molar-refractivity contribution < 1.29 is 19.1 Å². The van der Waals surface area contributed by atoms with Crippen LogP contribution in [-0.4, -0.2) is 71.7 Å². The minimum absolute atomic E-state index is 0.129. The van der Waals surface area contributed by atoms with E-state index < -0.39 is 6.04 Å². The number of hydrogen-bond acceptors (Lipinski definition) is 6. The molecule has 4 aliphatic heterocycles. The summed E-state index contributed by atoms with van der Waals surface area (Å²) < 4.78 is 5.78. The van der Waals surface area contributed by atoms with E-state index in [1.54, 1.807) is 4.90 Å². The Kier molecular flexibility index (Phi) is 6.84. The molecule has 9 heteroatoms. The van der Waals surface area contributed by atoms with Gasteiger partial charge < -0.3 is 9.64 Å². The lowest BCUT2D eigenvalue weighted by atomic mass is 9.95. The van der Waals surface area contributed by atoms with Gasteiger partial charge in [-0.15, -0.1) is 11.8 Å². The highest BCUT2D eigenvalue weighted by atomic mass is 35.5. The standard InChI is InChI=1S/C28H28ClN3O4S/c29-20-3-1-17(2-4-20)23-9-10-36-16-19(23)12-31-14-22(15-31)37-21-5-6-24-18(11-21)13-32(28(24)35)25-7-8-26(33)30-27(25)34/h1-6,11,22,25H,7-10,12-16H2,(H,30,33,34). The van der Waals surface area contributed by atoms with Crippen LogP contribution < -0.4 is 5.32 Å². The van der Waals surface area contributed by atoms with Crippen LogP contribution in [0.25, 0.3) is 5.57 Å². The fourth-order valence-corrected chi connectivity index (χ4v) is 7.03. The minimum Gasteiger partial charge on any atom is -0.377 e. The van der Waals surface area contributed by atoms with E-state index >= 15 is 0 Å². The Morgan fingerprint density at radius 1 is 1.05 bits per heavy atom. The molecule has 1 atom stereocenters. The average molecular weight is 538 g/mol. The van der Waals surface area contributed by atoms with Gasteiger partial charge in [-0.3, -0.25) is 24.6 Å². The third-order valence-electron chi connectivity index (χ3n) is 7.53. The molecule has 192 valence electrons. The van der Waals surface area contributed by atoms with Crippen molar-refractivity contribution in [2.75, 3.05) is 32.8 Å². The smallest absolute Gasteiger partial charge is 0.255 e. The summed E-state index contributed by atoms with van der Waals surface area (Å²) in [5.41, 5.74) is 5.56. The summed E-state index contributed by atoms with van der Waals surface area (Å²) in [4.78, 5) is 41.9.